The molecule has 3 aliphatic rings. The summed E-state index contributed by atoms with van der Waals surface area (Å²) >= 11 is 14.5. The molecule has 2 aromatic heterocycles. The molecule has 3 fully saturated rings. The van der Waals surface area contributed by atoms with Crippen molar-refractivity contribution in [2.75, 3.05) is 39.4 Å². The van der Waals surface area contributed by atoms with E-state index in [9.17, 15) is 9.00 Å². The summed E-state index contributed by atoms with van der Waals surface area (Å²) in [6, 6.07) is 9.18. The van der Waals surface area contributed by atoms with Crippen LogP contribution in [0.25, 0.3) is 20.4 Å². The van der Waals surface area contributed by atoms with Crippen LogP contribution in [-0.2, 0) is 21.9 Å². The van der Waals surface area contributed by atoms with Crippen molar-refractivity contribution in [2.24, 2.45) is 5.92 Å². The standard InChI is InChI=1S/C31H34Cl2N6O3S2/c32-23-9-12-27(26(33)20-23)39-30(28-13-11-24(43-28)10-8-22-6-2-3-7-22)25(21-34-44(41)38-16-18-42-19-17-38)29(35-39)31(40)36-37-14-4-1-5-15-37/h9,11-13,20,22H,1-7,14-19,21H2/p+1. The molecular weight excluding hydrogens is 639 g/mol. The summed E-state index contributed by atoms with van der Waals surface area (Å²) in [6.45, 7) is 3.63. The van der Waals surface area contributed by atoms with E-state index in [2.05, 4.69) is 21.5 Å². The fraction of sp³-hybridized carbons (Fsp3) is 0.484. The van der Waals surface area contributed by atoms with Gasteiger partial charge in [-0.3, -0.25) is 10.2 Å². The summed E-state index contributed by atoms with van der Waals surface area (Å²) < 4.78 is 26.7. The minimum Gasteiger partial charge on any atom is -0.379 e. The van der Waals surface area contributed by atoms with Gasteiger partial charge in [0.1, 0.15) is 0 Å². The van der Waals surface area contributed by atoms with Crippen molar-refractivity contribution in [3.63, 3.8) is 0 Å². The van der Waals surface area contributed by atoms with Crippen LogP contribution in [-0.4, -0.2) is 68.6 Å². The summed E-state index contributed by atoms with van der Waals surface area (Å²) in [4.78, 5) is 15.6. The van der Waals surface area contributed by atoms with Crippen LogP contribution in [0.4, 0.5) is 0 Å². The average molecular weight is 675 g/mol. The van der Waals surface area contributed by atoms with Crippen LogP contribution in [0.5, 0.6) is 0 Å². The van der Waals surface area contributed by atoms with E-state index >= 15 is 0 Å². The van der Waals surface area contributed by atoms with E-state index in [0.717, 1.165) is 54.9 Å². The van der Waals surface area contributed by atoms with E-state index in [1.165, 1.54) is 24.2 Å². The van der Waals surface area contributed by atoms with Crippen molar-refractivity contribution in [3.05, 3.63) is 60.7 Å². The zero-order valence-corrected chi connectivity index (χ0v) is 27.5. The first kappa shape index (κ1) is 31.3. The number of halogens is 2. The lowest BCUT2D eigenvalue weighted by molar-refractivity contribution is 0.0743. The Bertz CT molecular complexity index is 1720. The Kier molecular flexibility index (Phi) is 10.4. The van der Waals surface area contributed by atoms with Crippen molar-refractivity contribution < 1.29 is 13.7 Å². The van der Waals surface area contributed by atoms with Crippen LogP contribution in [0.15, 0.2) is 30.3 Å². The van der Waals surface area contributed by atoms with Gasteiger partial charge in [0.15, 0.2) is 5.69 Å². The number of hydrazine groups is 1. The van der Waals surface area contributed by atoms with Gasteiger partial charge < -0.3 is 4.74 Å². The molecule has 1 aliphatic carbocycles. The highest BCUT2D eigenvalue weighted by Crippen LogP contribution is 2.37. The Balaban J connectivity index is 1.46. The lowest BCUT2D eigenvalue weighted by atomic mass is 10.1. The van der Waals surface area contributed by atoms with Gasteiger partial charge in [-0.2, -0.15) is 5.10 Å². The Labute approximate surface area is 273 Å². The van der Waals surface area contributed by atoms with E-state index < -0.39 is 10.6 Å². The van der Waals surface area contributed by atoms with Crippen LogP contribution in [0.1, 0.15) is 65.9 Å². The maximum absolute atomic E-state index is 13.9. The molecule has 2 aliphatic heterocycles. The Hall–Kier alpha value is -2.65. The Morgan fingerprint density at radius 2 is 1.84 bits per heavy atom. The highest BCUT2D eigenvalue weighted by atomic mass is 35.5. The third-order valence-electron chi connectivity index (χ3n) is 8.07. The van der Waals surface area contributed by atoms with Crippen LogP contribution in [0.2, 0.25) is 10.0 Å². The highest BCUT2D eigenvalue weighted by molar-refractivity contribution is 7.70. The maximum atomic E-state index is 13.9. The van der Waals surface area contributed by atoms with Crippen molar-refractivity contribution in [3.8, 4) is 28.1 Å². The molecule has 0 atom stereocenters. The Morgan fingerprint density at radius 3 is 2.59 bits per heavy atom. The molecule has 1 saturated carbocycles. The van der Waals surface area contributed by atoms with E-state index in [-0.39, 0.29) is 18.1 Å². The van der Waals surface area contributed by atoms with Gasteiger partial charge in [-0.25, -0.2) is 9.69 Å². The van der Waals surface area contributed by atoms with E-state index in [1.54, 1.807) is 27.2 Å². The second-order valence-electron chi connectivity index (χ2n) is 11.1. The monoisotopic (exact) mass is 673 g/mol. The lowest BCUT2D eigenvalue weighted by Gasteiger charge is -2.26. The van der Waals surface area contributed by atoms with Gasteiger partial charge in [-0.15, -0.1) is 19.9 Å². The Morgan fingerprint density at radius 1 is 1.07 bits per heavy atom. The van der Waals surface area contributed by atoms with Crippen molar-refractivity contribution in [2.45, 2.75) is 51.5 Å². The number of hydrogen-bond donors (Lipinski definition) is 1. The predicted octanol–water partition coefficient (Wildman–Crippen LogP) is 6.36. The van der Waals surface area contributed by atoms with Gasteiger partial charge >= 0.3 is 17.2 Å². The molecule has 1 amide bonds. The maximum Gasteiger partial charge on any atom is 0.410 e. The molecule has 4 heterocycles. The zero-order valence-electron chi connectivity index (χ0n) is 24.4. The third kappa shape index (κ3) is 7.41. The quantitative estimate of drug-likeness (QED) is 0.319. The molecule has 9 nitrogen and oxygen atoms in total. The zero-order chi connectivity index (χ0) is 30.5. The summed E-state index contributed by atoms with van der Waals surface area (Å²) in [5, 5.41) is 7.67. The first-order valence-corrected chi connectivity index (χ1v) is 17.8. The summed E-state index contributed by atoms with van der Waals surface area (Å²) in [5.74, 6) is 6.92. The first-order valence-electron chi connectivity index (χ1n) is 15.1. The number of morpholine rings is 1. The lowest BCUT2D eigenvalue weighted by Crippen LogP contribution is -2.45. The molecular formula is C31H35Cl2N6O3S2+. The second-order valence-corrected chi connectivity index (χ2v) is 14.3. The number of thiophene rings is 1. The van der Waals surface area contributed by atoms with Gasteiger partial charge in [-0.05, 0) is 60.2 Å². The number of carbonyl (C=O) groups is 1. The first-order chi connectivity index (χ1) is 21.5. The fourth-order valence-corrected chi connectivity index (χ4v) is 8.02. The molecule has 6 rings (SSSR count). The normalized spacial score (nSPS) is 18.0. The molecule has 0 unspecified atom stereocenters. The SMILES string of the molecule is O=C(NN1CCCCC1)c1nn(-c2ccc(Cl)cc2Cl)c(-c2ccc(C#CC3CCCC3)s2)c1C[N+]#S(=O)N1CCOCC1. The number of benzene rings is 1. The fourth-order valence-electron chi connectivity index (χ4n) is 5.75. The number of amides is 1. The van der Waals surface area contributed by atoms with Crippen molar-refractivity contribution >= 4 is 51.1 Å². The number of nitrogens with one attached hydrogen (secondary N) is 1. The van der Waals surface area contributed by atoms with Crippen LogP contribution in [0.3, 0.4) is 0 Å². The summed E-state index contributed by atoms with van der Waals surface area (Å²) in [5.41, 5.74) is 5.08. The number of hydrogen-bond acceptors (Lipinski definition) is 6. The van der Waals surface area contributed by atoms with Crippen LogP contribution >= 0.6 is 34.5 Å². The molecule has 1 aromatic carbocycles. The predicted molar refractivity (Wildman–Crippen MR) is 176 cm³/mol. The van der Waals surface area contributed by atoms with Gasteiger partial charge in [0.05, 0.1) is 44.9 Å². The van der Waals surface area contributed by atoms with Crippen molar-refractivity contribution in [1.82, 2.24) is 24.5 Å². The number of aromatic nitrogens is 2. The number of nitrogens with zero attached hydrogens (tertiary/aromatic N) is 5. The topological polar surface area (TPSA) is 84.1 Å². The van der Waals surface area contributed by atoms with Crippen molar-refractivity contribution in [1.29, 1.82) is 0 Å². The van der Waals surface area contributed by atoms with E-state index in [1.807, 2.05) is 17.1 Å². The molecule has 13 heteroatoms. The number of rotatable bonds is 5. The second kappa shape index (κ2) is 14.6. The molecule has 0 radical (unpaired) electrons. The summed E-state index contributed by atoms with van der Waals surface area (Å²) in [7, 11) is -1.60. The molecule has 1 N–H and O–H groups in total. The smallest absolute Gasteiger partial charge is 0.379 e. The van der Waals surface area contributed by atoms with Crippen LogP contribution in [0, 0.1) is 17.8 Å². The number of ether oxygens (including phenoxy) is 1. The van der Waals surface area contributed by atoms with Crippen LogP contribution < -0.4 is 5.43 Å². The van der Waals surface area contributed by atoms with E-state index in [0.29, 0.717) is 59.2 Å². The average Bonchev–Trinajstić information content (AvgIpc) is 3.80. The van der Waals surface area contributed by atoms with Gasteiger partial charge in [0.2, 0.25) is 0 Å². The number of piperidine rings is 1. The minimum absolute atomic E-state index is 0.0221. The van der Waals surface area contributed by atoms with Gasteiger partial charge in [-0.1, -0.05) is 54.3 Å². The highest BCUT2D eigenvalue weighted by Gasteiger charge is 2.31. The number of carbonyl (C=O) groups excluding carboxylic acids is 1. The van der Waals surface area contributed by atoms with Gasteiger partial charge in [0, 0.05) is 37.1 Å². The molecule has 232 valence electrons. The molecule has 2 saturated heterocycles. The molecule has 0 spiro atoms. The largest absolute Gasteiger partial charge is 0.410 e. The molecule has 44 heavy (non-hydrogen) atoms. The minimum atomic E-state index is -1.60. The molecule has 3 aromatic rings. The summed E-state index contributed by atoms with van der Waals surface area (Å²) in [6.07, 6.45) is 7.93. The molecule has 0 bridgehead atoms. The van der Waals surface area contributed by atoms with E-state index in [4.69, 9.17) is 33.0 Å². The third-order valence-corrected chi connectivity index (χ3v) is 10.8. The van der Waals surface area contributed by atoms with Gasteiger partial charge in [0.25, 0.3) is 5.91 Å².